The second kappa shape index (κ2) is 11.9. The Labute approximate surface area is 160 Å². The summed E-state index contributed by atoms with van der Waals surface area (Å²) in [5, 5.41) is 2.64. The molecule has 0 fully saturated rings. The lowest BCUT2D eigenvalue weighted by atomic mass is 10.1. The lowest BCUT2D eigenvalue weighted by molar-refractivity contribution is -0.138. The average Bonchev–Trinajstić information content (AvgIpc) is 2.71. The van der Waals surface area contributed by atoms with Gasteiger partial charge in [0.15, 0.2) is 0 Å². The number of para-hydroxylation sites is 1. The van der Waals surface area contributed by atoms with Gasteiger partial charge in [-0.15, -0.1) is 0 Å². The van der Waals surface area contributed by atoms with Crippen molar-refractivity contribution < 1.29 is 38.1 Å². The minimum absolute atomic E-state index is 0.0111. The number of methoxy groups -OCH3 is 3. The van der Waals surface area contributed by atoms with E-state index in [9.17, 15) is 19.2 Å². The van der Waals surface area contributed by atoms with Crippen molar-refractivity contribution in [3.63, 3.8) is 0 Å². The SMILES string of the molecule is COCCOC(=O)NNC(=O)c1ccccc1N/C(=C/C(=O)OC)C(=O)OC. The standard InChI is InChI=1S/C17H21N3O8/c1-25-8-9-28-17(24)20-19-15(22)11-6-4-5-7-12(11)18-13(16(23)27-3)10-14(21)26-2/h4-7,10,18H,8-9H2,1-3H3,(H,19,22)(H,20,24)/b13-10+. The molecular weight excluding hydrogens is 374 g/mol. The molecule has 0 saturated carbocycles. The zero-order valence-electron chi connectivity index (χ0n) is 15.6. The van der Waals surface area contributed by atoms with Crippen LogP contribution in [0.4, 0.5) is 10.5 Å². The highest BCUT2D eigenvalue weighted by atomic mass is 16.6. The molecular formula is C17H21N3O8. The molecule has 0 aliphatic rings. The van der Waals surface area contributed by atoms with Gasteiger partial charge in [-0.1, -0.05) is 12.1 Å². The fourth-order valence-electron chi connectivity index (χ4n) is 1.80. The average molecular weight is 395 g/mol. The van der Waals surface area contributed by atoms with Crippen LogP contribution in [0.2, 0.25) is 0 Å². The van der Waals surface area contributed by atoms with Crippen LogP contribution in [0.5, 0.6) is 0 Å². The quantitative estimate of drug-likeness (QED) is 0.187. The summed E-state index contributed by atoms with van der Waals surface area (Å²) < 4.78 is 18.5. The van der Waals surface area contributed by atoms with E-state index in [4.69, 9.17) is 9.47 Å². The number of esters is 2. The van der Waals surface area contributed by atoms with Crippen LogP contribution in [0, 0.1) is 0 Å². The normalized spacial score (nSPS) is 10.5. The lowest BCUT2D eigenvalue weighted by Crippen LogP contribution is -2.42. The van der Waals surface area contributed by atoms with Crippen LogP contribution in [-0.4, -0.2) is 58.5 Å². The van der Waals surface area contributed by atoms with Gasteiger partial charge in [-0.3, -0.25) is 10.2 Å². The highest BCUT2D eigenvalue weighted by Gasteiger charge is 2.17. The Hall–Kier alpha value is -3.60. The van der Waals surface area contributed by atoms with E-state index >= 15 is 0 Å². The molecule has 11 heteroatoms. The van der Waals surface area contributed by atoms with E-state index in [1.807, 2.05) is 0 Å². The van der Waals surface area contributed by atoms with Crippen molar-refractivity contribution >= 4 is 29.6 Å². The fourth-order valence-corrected chi connectivity index (χ4v) is 1.80. The summed E-state index contributed by atoms with van der Waals surface area (Å²) in [6.45, 7) is 0.216. The number of hydrazine groups is 1. The van der Waals surface area contributed by atoms with E-state index in [0.717, 1.165) is 20.3 Å². The Kier molecular flexibility index (Phi) is 9.54. The Morgan fingerprint density at radius 3 is 2.32 bits per heavy atom. The Morgan fingerprint density at radius 1 is 0.964 bits per heavy atom. The molecule has 11 nitrogen and oxygen atoms in total. The maximum atomic E-state index is 12.3. The van der Waals surface area contributed by atoms with Crippen LogP contribution >= 0.6 is 0 Å². The largest absolute Gasteiger partial charge is 0.466 e. The number of carbonyl (C=O) groups is 4. The highest BCUT2D eigenvalue weighted by molar-refractivity contribution is 6.03. The molecule has 0 unspecified atom stereocenters. The van der Waals surface area contributed by atoms with Gasteiger partial charge in [0.05, 0.1) is 38.2 Å². The molecule has 0 aliphatic carbocycles. The summed E-state index contributed by atoms with van der Waals surface area (Å²) in [6.07, 6.45) is 0.00281. The van der Waals surface area contributed by atoms with E-state index in [0.29, 0.717) is 0 Å². The first-order valence-corrected chi connectivity index (χ1v) is 7.89. The van der Waals surface area contributed by atoms with Gasteiger partial charge in [-0.2, -0.15) is 0 Å². The topological polar surface area (TPSA) is 141 Å². The summed E-state index contributed by atoms with van der Waals surface area (Å²) in [4.78, 5) is 47.1. The van der Waals surface area contributed by atoms with Crippen molar-refractivity contribution in [2.45, 2.75) is 0 Å². The van der Waals surface area contributed by atoms with Gasteiger partial charge in [-0.05, 0) is 12.1 Å². The number of amides is 2. The first kappa shape index (κ1) is 22.4. The molecule has 0 atom stereocenters. The first-order chi connectivity index (χ1) is 13.4. The summed E-state index contributed by atoms with van der Waals surface area (Å²) in [5.41, 5.74) is 4.23. The third-order valence-corrected chi connectivity index (χ3v) is 3.11. The highest BCUT2D eigenvalue weighted by Crippen LogP contribution is 2.17. The number of hydrogen-bond donors (Lipinski definition) is 3. The molecule has 0 aromatic heterocycles. The molecule has 28 heavy (non-hydrogen) atoms. The van der Waals surface area contributed by atoms with Crippen LogP contribution in [0.1, 0.15) is 10.4 Å². The van der Waals surface area contributed by atoms with E-state index in [2.05, 4.69) is 25.6 Å². The molecule has 0 bridgehead atoms. The second-order valence-electron chi connectivity index (χ2n) is 4.95. The van der Waals surface area contributed by atoms with E-state index in [1.54, 1.807) is 12.1 Å². The number of carbonyl (C=O) groups excluding carboxylic acids is 4. The second-order valence-corrected chi connectivity index (χ2v) is 4.95. The molecule has 3 N–H and O–H groups in total. The van der Waals surface area contributed by atoms with Crippen molar-refractivity contribution in [2.75, 3.05) is 39.9 Å². The minimum atomic E-state index is -0.878. The van der Waals surface area contributed by atoms with Gasteiger partial charge in [0.25, 0.3) is 5.91 Å². The summed E-state index contributed by atoms with van der Waals surface area (Å²) in [6, 6.07) is 6.08. The zero-order chi connectivity index (χ0) is 20.9. The zero-order valence-corrected chi connectivity index (χ0v) is 15.6. The lowest BCUT2D eigenvalue weighted by Gasteiger charge is -2.14. The molecule has 2 amide bonds. The summed E-state index contributed by atoms with van der Waals surface area (Å²) >= 11 is 0. The van der Waals surface area contributed by atoms with Crippen molar-refractivity contribution in [3.8, 4) is 0 Å². The van der Waals surface area contributed by atoms with Crippen LogP contribution in [-0.2, 0) is 28.5 Å². The Balaban J connectivity index is 2.89. The number of ether oxygens (including phenoxy) is 4. The predicted octanol–water partition coefficient (Wildman–Crippen LogP) is 0.346. The minimum Gasteiger partial charge on any atom is -0.466 e. The van der Waals surface area contributed by atoms with E-state index in [1.165, 1.54) is 19.2 Å². The van der Waals surface area contributed by atoms with Crippen LogP contribution in [0.15, 0.2) is 36.0 Å². The maximum absolute atomic E-state index is 12.3. The van der Waals surface area contributed by atoms with Crippen LogP contribution in [0.25, 0.3) is 0 Å². The third-order valence-electron chi connectivity index (χ3n) is 3.11. The monoisotopic (exact) mass is 395 g/mol. The van der Waals surface area contributed by atoms with Gasteiger partial charge in [0.1, 0.15) is 12.3 Å². The van der Waals surface area contributed by atoms with Crippen LogP contribution < -0.4 is 16.2 Å². The molecule has 0 aliphatic heterocycles. The van der Waals surface area contributed by atoms with E-state index in [-0.39, 0.29) is 30.2 Å². The molecule has 0 heterocycles. The van der Waals surface area contributed by atoms with Crippen molar-refractivity contribution in [1.82, 2.24) is 10.9 Å². The molecule has 1 aromatic carbocycles. The number of nitrogens with one attached hydrogen (secondary N) is 3. The molecule has 1 aromatic rings. The van der Waals surface area contributed by atoms with Crippen molar-refractivity contribution in [1.29, 1.82) is 0 Å². The molecule has 0 radical (unpaired) electrons. The summed E-state index contributed by atoms with van der Waals surface area (Å²) in [5.74, 6) is -2.34. The first-order valence-electron chi connectivity index (χ1n) is 7.89. The molecule has 1 rings (SSSR count). The van der Waals surface area contributed by atoms with Crippen molar-refractivity contribution in [2.24, 2.45) is 0 Å². The van der Waals surface area contributed by atoms with Gasteiger partial charge in [0.2, 0.25) is 0 Å². The third kappa shape index (κ3) is 7.33. The predicted molar refractivity (Wildman–Crippen MR) is 96.0 cm³/mol. The number of anilines is 1. The van der Waals surface area contributed by atoms with Crippen LogP contribution in [0.3, 0.4) is 0 Å². The van der Waals surface area contributed by atoms with Gasteiger partial charge >= 0.3 is 18.0 Å². The van der Waals surface area contributed by atoms with Gasteiger partial charge < -0.3 is 24.3 Å². The Morgan fingerprint density at radius 2 is 1.68 bits per heavy atom. The van der Waals surface area contributed by atoms with Gasteiger partial charge in [-0.25, -0.2) is 19.8 Å². The smallest absolute Gasteiger partial charge is 0.426 e. The van der Waals surface area contributed by atoms with Crippen molar-refractivity contribution in [3.05, 3.63) is 41.6 Å². The fraction of sp³-hybridized carbons (Fsp3) is 0.294. The Bertz CT molecular complexity index is 748. The summed E-state index contributed by atoms with van der Waals surface area (Å²) in [7, 11) is 3.73. The number of rotatable bonds is 8. The molecule has 0 saturated heterocycles. The molecule has 0 spiro atoms. The number of benzene rings is 1. The maximum Gasteiger partial charge on any atom is 0.426 e. The van der Waals surface area contributed by atoms with E-state index < -0.39 is 23.9 Å². The molecule has 152 valence electrons. The van der Waals surface area contributed by atoms with Gasteiger partial charge in [0, 0.05) is 7.11 Å². The number of hydrogen-bond acceptors (Lipinski definition) is 9.